The Hall–Kier alpha value is -2.62. The van der Waals surface area contributed by atoms with Crippen LogP contribution in [0.2, 0.25) is 0 Å². The zero-order valence-electron chi connectivity index (χ0n) is 15.1. The van der Waals surface area contributed by atoms with E-state index in [1.165, 1.54) is 7.11 Å². The van der Waals surface area contributed by atoms with E-state index in [9.17, 15) is 14.4 Å². The molecule has 0 bridgehead atoms. The molecule has 1 aliphatic heterocycles. The molecular formula is C19H18IN3O4. The van der Waals surface area contributed by atoms with Gasteiger partial charge in [-0.15, -0.1) is 0 Å². The van der Waals surface area contributed by atoms with Crippen LogP contribution in [0.4, 0.5) is 4.79 Å². The summed E-state index contributed by atoms with van der Waals surface area (Å²) in [6.07, 6.45) is 1.63. The molecule has 7 nitrogen and oxygen atoms in total. The van der Waals surface area contributed by atoms with Crippen LogP contribution < -0.4 is 5.32 Å². The highest BCUT2D eigenvalue weighted by Gasteiger charge is 2.35. The van der Waals surface area contributed by atoms with Crippen molar-refractivity contribution in [2.75, 3.05) is 13.7 Å². The third-order valence-corrected chi connectivity index (χ3v) is 5.05. The Morgan fingerprint density at radius 3 is 2.52 bits per heavy atom. The first-order valence-corrected chi connectivity index (χ1v) is 9.26. The van der Waals surface area contributed by atoms with Crippen molar-refractivity contribution in [1.82, 2.24) is 14.8 Å². The van der Waals surface area contributed by atoms with Crippen molar-refractivity contribution in [3.05, 3.63) is 56.6 Å². The van der Waals surface area contributed by atoms with Gasteiger partial charge in [0.2, 0.25) is 0 Å². The number of benzene rings is 1. The number of ether oxygens (including phenoxy) is 1. The smallest absolute Gasteiger partial charge is 0.329 e. The predicted molar refractivity (Wildman–Crippen MR) is 108 cm³/mol. The third-order valence-electron chi connectivity index (χ3n) is 4.33. The van der Waals surface area contributed by atoms with E-state index in [2.05, 4.69) is 37.2 Å². The fourth-order valence-electron chi connectivity index (χ4n) is 2.99. The quantitative estimate of drug-likeness (QED) is 0.317. The molecule has 1 aliphatic rings. The number of esters is 1. The Bertz CT molecular complexity index is 960. The summed E-state index contributed by atoms with van der Waals surface area (Å²) < 4.78 is 7.75. The minimum absolute atomic E-state index is 0.131. The molecule has 2 heterocycles. The summed E-state index contributed by atoms with van der Waals surface area (Å²) in [5, 5.41) is 2.52. The summed E-state index contributed by atoms with van der Waals surface area (Å²) in [5.41, 5.74) is 3.91. The topological polar surface area (TPSA) is 80.6 Å². The maximum atomic E-state index is 12.4. The number of urea groups is 1. The van der Waals surface area contributed by atoms with Gasteiger partial charge < -0.3 is 14.6 Å². The number of aryl methyl sites for hydroxylation is 1. The van der Waals surface area contributed by atoms with Gasteiger partial charge in [-0.2, -0.15) is 0 Å². The van der Waals surface area contributed by atoms with Gasteiger partial charge in [0.1, 0.15) is 12.2 Å². The minimum Gasteiger partial charge on any atom is -0.468 e. The molecule has 3 rings (SSSR count). The van der Waals surface area contributed by atoms with E-state index in [4.69, 9.17) is 0 Å². The Labute approximate surface area is 170 Å². The van der Waals surface area contributed by atoms with Gasteiger partial charge in [0, 0.05) is 20.6 Å². The van der Waals surface area contributed by atoms with E-state index >= 15 is 0 Å². The highest BCUT2D eigenvalue weighted by Crippen LogP contribution is 2.24. The van der Waals surface area contributed by atoms with Gasteiger partial charge in [-0.3, -0.25) is 9.59 Å². The average Bonchev–Trinajstić information content (AvgIpc) is 3.06. The SMILES string of the molecule is COC(=O)CN1C(=O)N/C(=C\c2cc(C)n(-c3ccc(I)cc3)c2C)C1=O. The van der Waals surface area contributed by atoms with Crippen LogP contribution in [0.25, 0.3) is 11.8 Å². The number of rotatable bonds is 4. The highest BCUT2D eigenvalue weighted by molar-refractivity contribution is 14.1. The van der Waals surface area contributed by atoms with Crippen LogP contribution in [0.15, 0.2) is 36.0 Å². The lowest BCUT2D eigenvalue weighted by molar-refractivity contribution is -0.143. The van der Waals surface area contributed by atoms with Gasteiger partial charge >= 0.3 is 12.0 Å². The standard InChI is InChI=1S/C19H18IN3O4/c1-11-8-13(12(2)23(11)15-6-4-14(20)5-7-15)9-16-18(25)22(19(26)21-16)10-17(24)27-3/h4-9H,10H2,1-3H3,(H,21,26)/b16-9-. The normalized spacial score (nSPS) is 15.4. The fourth-order valence-corrected chi connectivity index (χ4v) is 3.35. The number of hydrogen-bond acceptors (Lipinski definition) is 4. The van der Waals surface area contributed by atoms with Gasteiger partial charge in [0.25, 0.3) is 5.91 Å². The molecule has 1 fully saturated rings. The second-order valence-corrected chi connectivity index (χ2v) is 7.34. The molecule has 3 amide bonds. The Kier molecular flexibility index (Phi) is 5.36. The summed E-state index contributed by atoms with van der Waals surface area (Å²) >= 11 is 2.25. The monoisotopic (exact) mass is 479 g/mol. The first kappa shape index (κ1) is 19.2. The number of aromatic nitrogens is 1. The maximum Gasteiger partial charge on any atom is 0.329 e. The molecule has 0 aliphatic carbocycles. The van der Waals surface area contributed by atoms with Crippen molar-refractivity contribution in [2.24, 2.45) is 0 Å². The number of methoxy groups -OCH3 is 1. The van der Waals surface area contributed by atoms with E-state index in [0.717, 1.165) is 31.1 Å². The zero-order valence-corrected chi connectivity index (χ0v) is 17.2. The van der Waals surface area contributed by atoms with E-state index in [1.54, 1.807) is 6.08 Å². The first-order chi connectivity index (χ1) is 12.8. The molecular weight excluding hydrogens is 461 g/mol. The van der Waals surface area contributed by atoms with Crippen LogP contribution in [0.1, 0.15) is 17.0 Å². The minimum atomic E-state index is -0.656. The second kappa shape index (κ2) is 7.55. The molecule has 0 unspecified atom stereocenters. The molecule has 27 heavy (non-hydrogen) atoms. The average molecular weight is 479 g/mol. The van der Waals surface area contributed by atoms with E-state index < -0.39 is 24.5 Å². The van der Waals surface area contributed by atoms with Gasteiger partial charge in [-0.05, 0) is 78.4 Å². The summed E-state index contributed by atoms with van der Waals surface area (Å²) in [6, 6.07) is 9.42. The van der Waals surface area contributed by atoms with Crippen LogP contribution in [-0.2, 0) is 14.3 Å². The van der Waals surface area contributed by atoms with Gasteiger partial charge in [0.15, 0.2) is 0 Å². The molecule has 1 aromatic heterocycles. The number of halogens is 1. The summed E-state index contributed by atoms with van der Waals surface area (Å²) in [6.45, 7) is 3.51. The van der Waals surface area contributed by atoms with Crippen LogP contribution in [0, 0.1) is 17.4 Å². The van der Waals surface area contributed by atoms with Crippen molar-refractivity contribution in [3.63, 3.8) is 0 Å². The number of nitrogens with zero attached hydrogens (tertiary/aromatic N) is 2. The largest absolute Gasteiger partial charge is 0.468 e. The molecule has 1 aromatic carbocycles. The van der Waals surface area contributed by atoms with Crippen LogP contribution >= 0.6 is 22.6 Å². The van der Waals surface area contributed by atoms with Crippen molar-refractivity contribution in [2.45, 2.75) is 13.8 Å². The Morgan fingerprint density at radius 1 is 1.22 bits per heavy atom. The van der Waals surface area contributed by atoms with E-state index in [-0.39, 0.29) is 5.70 Å². The molecule has 1 N–H and O–H groups in total. The lowest BCUT2D eigenvalue weighted by Gasteiger charge is -2.10. The fraction of sp³-hybridized carbons (Fsp3) is 0.211. The Morgan fingerprint density at radius 2 is 1.89 bits per heavy atom. The molecule has 0 radical (unpaired) electrons. The number of amides is 3. The van der Waals surface area contributed by atoms with E-state index in [1.807, 2.05) is 44.2 Å². The lowest BCUT2D eigenvalue weighted by atomic mass is 10.2. The van der Waals surface area contributed by atoms with Crippen LogP contribution in [0.3, 0.4) is 0 Å². The highest BCUT2D eigenvalue weighted by atomic mass is 127. The number of hydrogen-bond donors (Lipinski definition) is 1. The number of carbonyl (C=O) groups excluding carboxylic acids is 3. The van der Waals surface area contributed by atoms with Gasteiger partial charge in [-0.1, -0.05) is 0 Å². The molecule has 1 saturated heterocycles. The maximum absolute atomic E-state index is 12.4. The van der Waals surface area contributed by atoms with Crippen LogP contribution in [0.5, 0.6) is 0 Å². The van der Waals surface area contributed by atoms with Crippen molar-refractivity contribution in [3.8, 4) is 5.69 Å². The van der Waals surface area contributed by atoms with Crippen molar-refractivity contribution < 1.29 is 19.1 Å². The molecule has 140 valence electrons. The number of carbonyl (C=O) groups is 3. The number of nitrogens with one attached hydrogen (secondary N) is 1. The zero-order chi connectivity index (χ0) is 19.7. The lowest BCUT2D eigenvalue weighted by Crippen LogP contribution is -2.36. The summed E-state index contributed by atoms with van der Waals surface area (Å²) in [7, 11) is 1.21. The molecule has 0 spiro atoms. The first-order valence-electron chi connectivity index (χ1n) is 8.18. The Balaban J connectivity index is 1.93. The predicted octanol–water partition coefficient (Wildman–Crippen LogP) is 2.76. The molecule has 0 saturated carbocycles. The van der Waals surface area contributed by atoms with Crippen molar-refractivity contribution in [1.29, 1.82) is 0 Å². The second-order valence-electron chi connectivity index (χ2n) is 6.09. The van der Waals surface area contributed by atoms with Gasteiger partial charge in [-0.25, -0.2) is 9.69 Å². The summed E-state index contributed by atoms with van der Waals surface area (Å²) in [4.78, 5) is 36.6. The number of imide groups is 1. The van der Waals surface area contributed by atoms with Crippen LogP contribution in [-0.4, -0.2) is 41.0 Å². The molecule has 8 heteroatoms. The van der Waals surface area contributed by atoms with Gasteiger partial charge in [0.05, 0.1) is 7.11 Å². The third kappa shape index (κ3) is 3.75. The molecule has 0 atom stereocenters. The van der Waals surface area contributed by atoms with Crippen molar-refractivity contribution >= 4 is 46.6 Å². The molecule has 2 aromatic rings. The summed E-state index contributed by atoms with van der Waals surface area (Å²) in [5.74, 6) is -1.21. The van der Waals surface area contributed by atoms with E-state index in [0.29, 0.717) is 0 Å².